The van der Waals surface area contributed by atoms with Crippen molar-refractivity contribution in [3.05, 3.63) is 89.2 Å². The first-order valence-electron chi connectivity index (χ1n) is 10.2. The van der Waals surface area contributed by atoms with E-state index in [0.29, 0.717) is 24.0 Å². The van der Waals surface area contributed by atoms with Crippen LogP contribution in [0.3, 0.4) is 0 Å². The first-order valence-corrected chi connectivity index (χ1v) is 10.6. The largest absolute Gasteiger partial charge is 0.493 e. The Morgan fingerprint density at radius 1 is 0.833 bits per heavy atom. The average Bonchev–Trinajstić information content (AvgIpc) is 3.12. The van der Waals surface area contributed by atoms with Crippen LogP contribution in [0.4, 0.5) is 0 Å². The Hall–Kier alpha value is -2.98. The lowest BCUT2D eigenvalue weighted by molar-refractivity contribution is 0.285. The maximum Gasteiger partial charge on any atom is 0.147 e. The van der Waals surface area contributed by atoms with E-state index in [1.165, 1.54) is 0 Å². The van der Waals surface area contributed by atoms with E-state index in [1.807, 2.05) is 60.7 Å². The number of fused-ring (bicyclic) bond motifs is 1. The molecule has 4 aromatic rings. The zero-order valence-corrected chi connectivity index (χ0v) is 17.8. The molecule has 0 fully saturated rings. The summed E-state index contributed by atoms with van der Waals surface area (Å²) in [7, 11) is 0. The topological polar surface area (TPSA) is 36.3 Å². The zero-order valence-electron chi connectivity index (χ0n) is 17.1. The van der Waals surface area contributed by atoms with E-state index < -0.39 is 0 Å². The summed E-state index contributed by atoms with van der Waals surface area (Å²) in [5, 5.41) is 0.605. The summed E-state index contributed by atoms with van der Waals surface area (Å²) in [6.45, 7) is 4.00. The molecule has 4 rings (SSSR count). The third-order valence-electron chi connectivity index (χ3n) is 5.05. The number of hydrogen-bond acceptors (Lipinski definition) is 3. The summed E-state index contributed by atoms with van der Waals surface area (Å²) >= 11 is 6.22. The van der Waals surface area contributed by atoms with Gasteiger partial charge in [0.2, 0.25) is 0 Å². The molecule has 0 bridgehead atoms. The fourth-order valence-electron chi connectivity index (χ4n) is 3.46. The molecule has 3 aromatic carbocycles. The first-order chi connectivity index (χ1) is 14.7. The van der Waals surface area contributed by atoms with Gasteiger partial charge >= 0.3 is 0 Å². The molecule has 0 saturated carbocycles. The predicted molar refractivity (Wildman–Crippen MR) is 121 cm³/mol. The van der Waals surface area contributed by atoms with E-state index in [0.717, 1.165) is 47.6 Å². The number of rotatable bonds is 9. The lowest BCUT2D eigenvalue weighted by Crippen LogP contribution is -2.09. The monoisotopic (exact) mass is 420 g/mol. The van der Waals surface area contributed by atoms with Crippen LogP contribution in [0.2, 0.25) is 5.02 Å². The molecule has 154 valence electrons. The van der Waals surface area contributed by atoms with Gasteiger partial charge in [-0.1, -0.05) is 54.1 Å². The minimum atomic E-state index is 0.373. The van der Waals surface area contributed by atoms with E-state index in [4.69, 9.17) is 26.1 Å². The number of aromatic nitrogens is 2. The van der Waals surface area contributed by atoms with Crippen LogP contribution >= 0.6 is 11.6 Å². The number of unbranched alkanes of at least 4 members (excludes halogenated alkanes) is 1. The number of imidazole rings is 1. The lowest BCUT2D eigenvalue weighted by atomic mass is 10.2. The van der Waals surface area contributed by atoms with Gasteiger partial charge in [0.15, 0.2) is 0 Å². The Bertz CT molecular complexity index is 1120. The van der Waals surface area contributed by atoms with Crippen molar-refractivity contribution in [3.63, 3.8) is 0 Å². The Morgan fingerprint density at radius 2 is 1.57 bits per heavy atom. The van der Waals surface area contributed by atoms with E-state index >= 15 is 0 Å². The third-order valence-corrected chi connectivity index (χ3v) is 5.37. The fourth-order valence-corrected chi connectivity index (χ4v) is 3.65. The molecule has 0 spiro atoms. The van der Waals surface area contributed by atoms with Crippen LogP contribution in [-0.4, -0.2) is 16.2 Å². The smallest absolute Gasteiger partial charge is 0.147 e. The summed E-state index contributed by atoms with van der Waals surface area (Å²) in [5.74, 6) is 2.53. The number of para-hydroxylation sites is 4. The maximum atomic E-state index is 6.22. The van der Waals surface area contributed by atoms with Gasteiger partial charge in [-0.25, -0.2) is 4.98 Å². The van der Waals surface area contributed by atoms with Gasteiger partial charge in [0.05, 0.1) is 22.7 Å². The van der Waals surface area contributed by atoms with Gasteiger partial charge in [-0.05, 0) is 55.7 Å². The molecule has 4 nitrogen and oxygen atoms in total. The Morgan fingerprint density at radius 3 is 2.40 bits per heavy atom. The minimum Gasteiger partial charge on any atom is -0.493 e. The first kappa shape index (κ1) is 20.3. The molecule has 0 N–H and O–H groups in total. The summed E-state index contributed by atoms with van der Waals surface area (Å²) in [5.41, 5.74) is 3.26. The molecular weight excluding hydrogens is 396 g/mol. The molecular formula is C25H25ClN2O2. The van der Waals surface area contributed by atoms with E-state index in [1.54, 1.807) is 0 Å². The third kappa shape index (κ3) is 4.77. The Labute approximate surface area is 182 Å². The second-order valence-corrected chi connectivity index (χ2v) is 7.62. The summed E-state index contributed by atoms with van der Waals surface area (Å²) in [4.78, 5) is 4.78. The van der Waals surface area contributed by atoms with Gasteiger partial charge < -0.3 is 14.0 Å². The van der Waals surface area contributed by atoms with Crippen LogP contribution in [0.25, 0.3) is 11.0 Å². The highest BCUT2D eigenvalue weighted by molar-refractivity contribution is 6.32. The van der Waals surface area contributed by atoms with E-state index in [2.05, 4.69) is 23.6 Å². The average molecular weight is 421 g/mol. The highest BCUT2D eigenvalue weighted by Crippen LogP contribution is 2.25. The van der Waals surface area contributed by atoms with Crippen LogP contribution in [0.5, 0.6) is 11.5 Å². The van der Waals surface area contributed by atoms with Crippen molar-refractivity contribution in [2.24, 2.45) is 0 Å². The zero-order chi connectivity index (χ0) is 20.8. The molecule has 0 atom stereocenters. The Kier molecular flexibility index (Phi) is 6.55. The number of halogens is 1. The summed E-state index contributed by atoms with van der Waals surface area (Å²) < 4.78 is 14.1. The normalized spacial score (nSPS) is 11.0. The van der Waals surface area contributed by atoms with E-state index in [9.17, 15) is 0 Å². The van der Waals surface area contributed by atoms with Crippen molar-refractivity contribution in [2.75, 3.05) is 6.61 Å². The quantitative estimate of drug-likeness (QED) is 0.292. The van der Waals surface area contributed by atoms with Crippen molar-refractivity contribution in [3.8, 4) is 11.5 Å². The minimum absolute atomic E-state index is 0.373. The molecule has 1 heterocycles. The second-order valence-electron chi connectivity index (χ2n) is 7.21. The standard InChI is InChI=1S/C25H25ClN2O2/c1-19-10-2-6-14-23(19)29-17-9-8-16-28-22-13-5-4-12-21(22)27-25(28)18-30-24-15-7-3-11-20(24)26/h2-7,10-15H,8-9,16-18H2,1H3. The van der Waals surface area contributed by atoms with Crippen molar-refractivity contribution < 1.29 is 9.47 Å². The van der Waals surface area contributed by atoms with Crippen molar-refractivity contribution in [1.82, 2.24) is 9.55 Å². The molecule has 0 saturated heterocycles. The number of aryl methyl sites for hydroxylation is 2. The number of nitrogens with zero attached hydrogens (tertiary/aromatic N) is 2. The lowest BCUT2D eigenvalue weighted by Gasteiger charge is -2.12. The SMILES string of the molecule is Cc1ccccc1OCCCCn1c(COc2ccccc2Cl)nc2ccccc21. The predicted octanol–water partition coefficient (Wildman–Crippen LogP) is 6.44. The van der Waals surface area contributed by atoms with Gasteiger partial charge in [-0.2, -0.15) is 0 Å². The summed E-state index contributed by atoms with van der Waals surface area (Å²) in [6, 6.07) is 23.8. The van der Waals surface area contributed by atoms with Gasteiger partial charge in [-0.15, -0.1) is 0 Å². The highest BCUT2D eigenvalue weighted by Gasteiger charge is 2.12. The van der Waals surface area contributed by atoms with Gasteiger partial charge in [0.1, 0.15) is 23.9 Å². The molecule has 0 amide bonds. The van der Waals surface area contributed by atoms with E-state index in [-0.39, 0.29) is 0 Å². The van der Waals surface area contributed by atoms with Crippen molar-refractivity contribution in [1.29, 1.82) is 0 Å². The van der Waals surface area contributed by atoms with Crippen LogP contribution in [0.15, 0.2) is 72.8 Å². The molecule has 0 aliphatic carbocycles. The van der Waals surface area contributed by atoms with Gasteiger partial charge in [0.25, 0.3) is 0 Å². The molecule has 0 aliphatic rings. The van der Waals surface area contributed by atoms with Crippen LogP contribution in [-0.2, 0) is 13.2 Å². The molecule has 0 aliphatic heterocycles. The summed E-state index contributed by atoms with van der Waals surface area (Å²) in [6.07, 6.45) is 1.96. The van der Waals surface area contributed by atoms with Crippen LogP contribution in [0, 0.1) is 6.92 Å². The van der Waals surface area contributed by atoms with Crippen LogP contribution in [0.1, 0.15) is 24.2 Å². The highest BCUT2D eigenvalue weighted by atomic mass is 35.5. The number of hydrogen-bond donors (Lipinski definition) is 0. The number of ether oxygens (including phenoxy) is 2. The fraction of sp³-hybridized carbons (Fsp3) is 0.240. The van der Waals surface area contributed by atoms with Gasteiger partial charge in [-0.3, -0.25) is 0 Å². The van der Waals surface area contributed by atoms with Crippen molar-refractivity contribution >= 4 is 22.6 Å². The van der Waals surface area contributed by atoms with Crippen molar-refractivity contribution in [2.45, 2.75) is 32.9 Å². The molecule has 1 aromatic heterocycles. The Balaban J connectivity index is 1.40. The second kappa shape index (κ2) is 9.68. The van der Waals surface area contributed by atoms with Crippen LogP contribution < -0.4 is 9.47 Å². The molecule has 0 radical (unpaired) electrons. The molecule has 5 heteroatoms. The molecule has 0 unspecified atom stereocenters. The number of benzene rings is 3. The maximum absolute atomic E-state index is 6.22. The molecule has 30 heavy (non-hydrogen) atoms. The van der Waals surface area contributed by atoms with Gasteiger partial charge in [0, 0.05) is 6.54 Å².